The Bertz CT molecular complexity index is 963. The average molecular weight is 413 g/mol. The molecular weight excluding hydrogens is 389 g/mol. The number of hydrogen-bond donors (Lipinski definition) is 2. The first kappa shape index (κ1) is 21.4. The van der Waals surface area contributed by atoms with E-state index in [1.165, 1.54) is 18.1 Å². The average Bonchev–Trinajstić information content (AvgIpc) is 3.10. The summed E-state index contributed by atoms with van der Waals surface area (Å²) in [6, 6.07) is 11.2. The first-order valence-electron chi connectivity index (χ1n) is 9.64. The van der Waals surface area contributed by atoms with Crippen LogP contribution in [0.2, 0.25) is 0 Å². The molecule has 0 saturated carbocycles. The van der Waals surface area contributed by atoms with Crippen molar-refractivity contribution in [3.63, 3.8) is 0 Å². The maximum atomic E-state index is 14.3. The minimum atomic E-state index is -0.650. The van der Waals surface area contributed by atoms with Crippen molar-refractivity contribution in [2.24, 2.45) is 5.92 Å². The number of methoxy groups -OCH3 is 1. The summed E-state index contributed by atoms with van der Waals surface area (Å²) in [6.07, 6.45) is -0.0264. The molecule has 0 spiro atoms. The Labute approximate surface area is 174 Å². The number of amides is 3. The number of nitrogens with one attached hydrogen (secondary N) is 2. The van der Waals surface area contributed by atoms with E-state index in [4.69, 9.17) is 4.74 Å². The van der Waals surface area contributed by atoms with Crippen LogP contribution in [0.15, 0.2) is 42.5 Å². The van der Waals surface area contributed by atoms with Gasteiger partial charge in [-0.1, -0.05) is 18.2 Å². The van der Waals surface area contributed by atoms with Crippen LogP contribution in [-0.2, 0) is 14.3 Å². The lowest BCUT2D eigenvalue weighted by Crippen LogP contribution is -2.30. The van der Waals surface area contributed by atoms with Crippen molar-refractivity contribution < 1.29 is 23.5 Å². The van der Waals surface area contributed by atoms with E-state index < -0.39 is 17.6 Å². The molecule has 158 valence electrons. The van der Waals surface area contributed by atoms with Crippen LogP contribution in [0.25, 0.3) is 0 Å². The highest BCUT2D eigenvalue weighted by Gasteiger charge is 2.36. The van der Waals surface area contributed by atoms with Crippen LogP contribution in [0, 0.1) is 18.7 Å². The number of carbonyl (C=O) groups is 3. The highest BCUT2D eigenvalue weighted by molar-refractivity contribution is 6.07. The van der Waals surface area contributed by atoms with Crippen molar-refractivity contribution in [1.82, 2.24) is 5.32 Å². The van der Waals surface area contributed by atoms with Crippen molar-refractivity contribution >= 4 is 29.1 Å². The summed E-state index contributed by atoms with van der Waals surface area (Å²) in [7, 11) is 1.54. The Balaban J connectivity index is 1.70. The molecule has 1 fully saturated rings. The van der Waals surface area contributed by atoms with Crippen molar-refractivity contribution in [2.75, 3.05) is 37.0 Å². The van der Waals surface area contributed by atoms with Gasteiger partial charge in [0.15, 0.2) is 0 Å². The van der Waals surface area contributed by atoms with E-state index in [1.54, 1.807) is 43.3 Å². The number of para-hydroxylation sites is 1. The number of halogens is 1. The maximum Gasteiger partial charge on any atom is 0.253 e. The van der Waals surface area contributed by atoms with E-state index in [1.807, 2.05) is 0 Å². The lowest BCUT2D eigenvalue weighted by molar-refractivity contribution is -0.122. The molecule has 1 atom stereocenters. The molecule has 1 aliphatic heterocycles. The molecule has 1 unspecified atom stereocenters. The van der Waals surface area contributed by atoms with Crippen molar-refractivity contribution in [1.29, 1.82) is 0 Å². The van der Waals surface area contributed by atoms with Gasteiger partial charge in [0.1, 0.15) is 5.82 Å². The lowest BCUT2D eigenvalue weighted by atomic mass is 10.1. The van der Waals surface area contributed by atoms with Crippen LogP contribution in [0.4, 0.5) is 15.8 Å². The predicted molar refractivity (Wildman–Crippen MR) is 111 cm³/mol. The normalized spacial score (nSPS) is 15.9. The molecule has 1 aliphatic rings. The van der Waals surface area contributed by atoms with Gasteiger partial charge in [-0.3, -0.25) is 14.4 Å². The van der Waals surface area contributed by atoms with Crippen LogP contribution in [0.3, 0.4) is 0 Å². The smallest absolute Gasteiger partial charge is 0.253 e. The minimum absolute atomic E-state index is 0.0264. The van der Waals surface area contributed by atoms with Crippen molar-refractivity contribution in [2.45, 2.75) is 13.3 Å². The molecule has 2 N–H and O–H groups in total. The molecule has 2 aromatic rings. The van der Waals surface area contributed by atoms with Gasteiger partial charge in [0, 0.05) is 26.6 Å². The van der Waals surface area contributed by atoms with E-state index in [2.05, 4.69) is 10.6 Å². The van der Waals surface area contributed by atoms with Gasteiger partial charge in [-0.2, -0.15) is 0 Å². The number of ether oxygens (including phenoxy) is 1. The van der Waals surface area contributed by atoms with Crippen LogP contribution in [0.5, 0.6) is 0 Å². The quantitative estimate of drug-likeness (QED) is 0.683. The van der Waals surface area contributed by atoms with E-state index in [9.17, 15) is 18.8 Å². The standard InChI is InChI=1S/C22H24FN3O4/c1-14-7-8-19(17(23)11-14)26-13-15(12-20(26)27)21(28)25-18-6-4-3-5-16(18)22(29)24-9-10-30-2/h3-8,11,15H,9-10,12-13H2,1-2H3,(H,24,29)(H,25,28). The van der Waals surface area contributed by atoms with E-state index in [-0.39, 0.29) is 30.5 Å². The summed E-state index contributed by atoms with van der Waals surface area (Å²) < 4.78 is 19.2. The SMILES string of the molecule is COCCNC(=O)c1ccccc1NC(=O)C1CC(=O)N(c2ccc(C)cc2F)C1. The van der Waals surface area contributed by atoms with Crippen molar-refractivity contribution in [3.8, 4) is 0 Å². The fourth-order valence-electron chi connectivity index (χ4n) is 3.33. The molecule has 0 bridgehead atoms. The molecular formula is C22H24FN3O4. The topological polar surface area (TPSA) is 87.7 Å². The summed E-state index contributed by atoms with van der Waals surface area (Å²) >= 11 is 0. The molecule has 0 aromatic heterocycles. The van der Waals surface area contributed by atoms with Gasteiger partial charge in [0.05, 0.1) is 29.5 Å². The van der Waals surface area contributed by atoms with Gasteiger partial charge >= 0.3 is 0 Å². The summed E-state index contributed by atoms with van der Waals surface area (Å²) in [4.78, 5) is 38.8. The number of hydrogen-bond acceptors (Lipinski definition) is 4. The van der Waals surface area contributed by atoms with Crippen LogP contribution in [0.1, 0.15) is 22.3 Å². The molecule has 7 nitrogen and oxygen atoms in total. The third kappa shape index (κ3) is 4.83. The van der Waals surface area contributed by atoms with Crippen molar-refractivity contribution in [3.05, 3.63) is 59.4 Å². The third-order valence-electron chi connectivity index (χ3n) is 4.91. The minimum Gasteiger partial charge on any atom is -0.383 e. The predicted octanol–water partition coefficient (Wildman–Crippen LogP) is 2.50. The highest BCUT2D eigenvalue weighted by Crippen LogP contribution is 2.29. The van der Waals surface area contributed by atoms with Gasteiger partial charge in [0.25, 0.3) is 5.91 Å². The largest absolute Gasteiger partial charge is 0.383 e. The zero-order chi connectivity index (χ0) is 21.7. The number of carbonyl (C=O) groups excluding carboxylic acids is 3. The Morgan fingerprint density at radius 3 is 2.73 bits per heavy atom. The van der Waals surface area contributed by atoms with Gasteiger partial charge < -0.3 is 20.3 Å². The van der Waals surface area contributed by atoms with Gasteiger partial charge in [-0.25, -0.2) is 4.39 Å². The molecule has 2 aromatic carbocycles. The summed E-state index contributed by atoms with van der Waals surface area (Å²) in [5.74, 6) is -2.20. The Kier molecular flexibility index (Phi) is 6.79. The molecule has 1 saturated heterocycles. The fraction of sp³-hybridized carbons (Fsp3) is 0.318. The van der Waals surface area contributed by atoms with E-state index in [0.717, 1.165) is 5.56 Å². The van der Waals surface area contributed by atoms with E-state index >= 15 is 0 Å². The lowest BCUT2D eigenvalue weighted by Gasteiger charge is -2.18. The van der Waals surface area contributed by atoms with E-state index in [0.29, 0.717) is 24.4 Å². The van der Waals surface area contributed by atoms with Gasteiger partial charge in [0.2, 0.25) is 11.8 Å². The Hall–Kier alpha value is -3.26. The second-order valence-electron chi connectivity index (χ2n) is 7.14. The maximum absolute atomic E-state index is 14.3. The molecule has 3 rings (SSSR count). The van der Waals surface area contributed by atoms with Crippen LogP contribution >= 0.6 is 0 Å². The number of rotatable bonds is 7. The number of nitrogens with zero attached hydrogens (tertiary/aromatic N) is 1. The zero-order valence-corrected chi connectivity index (χ0v) is 16.9. The number of anilines is 2. The summed E-state index contributed by atoms with van der Waals surface area (Å²) in [6.45, 7) is 2.55. The van der Waals surface area contributed by atoms with Crippen LogP contribution in [-0.4, -0.2) is 44.5 Å². The monoisotopic (exact) mass is 413 g/mol. The van der Waals surface area contributed by atoms with Gasteiger partial charge in [-0.05, 0) is 36.8 Å². The van der Waals surface area contributed by atoms with Gasteiger partial charge in [-0.15, -0.1) is 0 Å². The second kappa shape index (κ2) is 9.49. The summed E-state index contributed by atoms with van der Waals surface area (Å²) in [5, 5.41) is 5.45. The molecule has 30 heavy (non-hydrogen) atoms. The Morgan fingerprint density at radius 1 is 1.23 bits per heavy atom. The summed E-state index contributed by atoms with van der Waals surface area (Å²) in [5.41, 5.74) is 1.58. The molecule has 3 amide bonds. The zero-order valence-electron chi connectivity index (χ0n) is 16.9. The molecule has 8 heteroatoms. The highest BCUT2D eigenvalue weighted by atomic mass is 19.1. The van der Waals surface area contributed by atoms with Crippen LogP contribution < -0.4 is 15.5 Å². The third-order valence-corrected chi connectivity index (χ3v) is 4.91. The molecule has 0 radical (unpaired) electrons. The first-order chi connectivity index (χ1) is 14.4. The Morgan fingerprint density at radius 2 is 2.00 bits per heavy atom. The first-order valence-corrected chi connectivity index (χ1v) is 9.64. The molecule has 1 heterocycles. The second-order valence-corrected chi connectivity index (χ2v) is 7.14. The fourth-order valence-corrected chi connectivity index (χ4v) is 3.33. The number of aryl methyl sites for hydroxylation is 1. The number of benzene rings is 2. The molecule has 0 aliphatic carbocycles.